The molecule has 128 valence electrons. The SMILES string of the molecule is Cc1ncn(CC(=O)N2CCC(Cc3cccc(CO)c3)C2)c1C. The van der Waals surface area contributed by atoms with E-state index in [4.69, 9.17) is 0 Å². The molecule has 1 aliphatic heterocycles. The summed E-state index contributed by atoms with van der Waals surface area (Å²) >= 11 is 0. The lowest BCUT2D eigenvalue weighted by atomic mass is 9.97. The van der Waals surface area contributed by atoms with Gasteiger partial charge in [-0.15, -0.1) is 0 Å². The number of nitrogens with zero attached hydrogens (tertiary/aromatic N) is 3. The molecule has 24 heavy (non-hydrogen) atoms. The molecule has 0 radical (unpaired) electrons. The molecule has 1 fully saturated rings. The Kier molecular flexibility index (Phi) is 5.00. The lowest BCUT2D eigenvalue weighted by molar-refractivity contribution is -0.130. The molecule has 1 aromatic carbocycles. The Morgan fingerprint density at radius 1 is 1.33 bits per heavy atom. The standard InChI is InChI=1S/C19H25N3O2/c1-14-15(2)22(13-20-14)11-19(24)21-7-6-17(10-21)8-16-4-3-5-18(9-16)12-23/h3-5,9,13,17,23H,6-8,10-12H2,1-2H3. The van der Waals surface area contributed by atoms with Crippen LogP contribution in [0, 0.1) is 19.8 Å². The third kappa shape index (κ3) is 3.67. The third-order valence-corrected chi connectivity index (χ3v) is 4.99. The Bertz CT molecular complexity index is 723. The van der Waals surface area contributed by atoms with E-state index < -0.39 is 0 Å². The first-order chi connectivity index (χ1) is 11.6. The zero-order chi connectivity index (χ0) is 17.1. The lowest BCUT2D eigenvalue weighted by Crippen LogP contribution is -2.32. The van der Waals surface area contributed by atoms with Crippen molar-refractivity contribution >= 4 is 5.91 Å². The van der Waals surface area contributed by atoms with Crippen LogP contribution in [-0.2, 0) is 24.4 Å². The van der Waals surface area contributed by atoms with Crippen molar-refractivity contribution < 1.29 is 9.90 Å². The van der Waals surface area contributed by atoms with Crippen molar-refractivity contribution in [3.05, 3.63) is 53.1 Å². The fraction of sp³-hybridized carbons (Fsp3) is 0.474. The first-order valence-electron chi connectivity index (χ1n) is 8.51. The third-order valence-electron chi connectivity index (χ3n) is 4.99. The average Bonchev–Trinajstić information content (AvgIpc) is 3.17. The summed E-state index contributed by atoms with van der Waals surface area (Å²) in [6.07, 6.45) is 3.74. The molecule has 0 saturated carbocycles. The normalized spacial score (nSPS) is 17.5. The highest BCUT2D eigenvalue weighted by molar-refractivity contribution is 5.76. The van der Waals surface area contributed by atoms with Crippen LogP contribution < -0.4 is 0 Å². The summed E-state index contributed by atoms with van der Waals surface area (Å²) in [6, 6.07) is 8.08. The van der Waals surface area contributed by atoms with Gasteiger partial charge >= 0.3 is 0 Å². The zero-order valence-electron chi connectivity index (χ0n) is 14.4. The molecule has 0 spiro atoms. The second-order valence-electron chi connectivity index (χ2n) is 6.72. The molecule has 2 heterocycles. The smallest absolute Gasteiger partial charge is 0.242 e. The number of hydrogen-bond acceptors (Lipinski definition) is 3. The quantitative estimate of drug-likeness (QED) is 0.915. The minimum absolute atomic E-state index is 0.0762. The maximum absolute atomic E-state index is 12.5. The molecule has 1 amide bonds. The summed E-state index contributed by atoms with van der Waals surface area (Å²) in [5.74, 6) is 0.663. The van der Waals surface area contributed by atoms with Crippen LogP contribution in [0.2, 0.25) is 0 Å². The summed E-state index contributed by atoms with van der Waals surface area (Å²) in [5, 5.41) is 9.24. The highest BCUT2D eigenvalue weighted by Gasteiger charge is 2.26. The number of imidazole rings is 1. The van der Waals surface area contributed by atoms with Gasteiger partial charge in [-0.05, 0) is 43.7 Å². The maximum Gasteiger partial charge on any atom is 0.242 e. The molecule has 1 atom stereocenters. The van der Waals surface area contributed by atoms with Crippen molar-refractivity contribution in [1.29, 1.82) is 0 Å². The van der Waals surface area contributed by atoms with Crippen LogP contribution in [-0.4, -0.2) is 38.6 Å². The van der Waals surface area contributed by atoms with Crippen LogP contribution in [0.1, 0.15) is 28.9 Å². The van der Waals surface area contributed by atoms with Gasteiger partial charge < -0.3 is 14.6 Å². The van der Waals surface area contributed by atoms with Gasteiger partial charge in [-0.1, -0.05) is 24.3 Å². The van der Waals surface area contributed by atoms with Crippen LogP contribution in [0.4, 0.5) is 0 Å². The number of carbonyl (C=O) groups is 1. The first kappa shape index (κ1) is 16.7. The highest BCUT2D eigenvalue weighted by Crippen LogP contribution is 2.22. The molecule has 2 aromatic rings. The Morgan fingerprint density at radius 2 is 2.12 bits per heavy atom. The maximum atomic E-state index is 12.5. The average molecular weight is 327 g/mol. The molecule has 0 aliphatic carbocycles. The van der Waals surface area contributed by atoms with E-state index in [1.807, 2.05) is 35.4 Å². The predicted octanol–water partition coefficient (Wildman–Crippen LogP) is 2.08. The molecule has 3 rings (SSSR count). The van der Waals surface area contributed by atoms with Gasteiger partial charge in [-0.25, -0.2) is 4.98 Å². The molecular formula is C19H25N3O2. The second-order valence-corrected chi connectivity index (χ2v) is 6.72. The highest BCUT2D eigenvalue weighted by atomic mass is 16.3. The summed E-state index contributed by atoms with van der Waals surface area (Å²) < 4.78 is 1.93. The Labute approximate surface area is 142 Å². The molecule has 1 aliphatic rings. The minimum atomic E-state index is 0.0762. The number of likely N-dealkylation sites (tertiary alicyclic amines) is 1. The van der Waals surface area contributed by atoms with Gasteiger partial charge in [0.15, 0.2) is 0 Å². The number of aliphatic hydroxyl groups is 1. The van der Waals surface area contributed by atoms with Gasteiger partial charge in [0.25, 0.3) is 0 Å². The van der Waals surface area contributed by atoms with Crippen LogP contribution in [0.3, 0.4) is 0 Å². The van der Waals surface area contributed by atoms with Crippen molar-refractivity contribution in [2.45, 2.75) is 39.8 Å². The molecule has 5 nitrogen and oxygen atoms in total. The molecular weight excluding hydrogens is 302 g/mol. The van der Waals surface area contributed by atoms with Gasteiger partial charge in [0.2, 0.25) is 5.91 Å². The summed E-state index contributed by atoms with van der Waals surface area (Å²) in [4.78, 5) is 18.7. The van der Waals surface area contributed by atoms with Crippen LogP contribution >= 0.6 is 0 Å². The van der Waals surface area contributed by atoms with Gasteiger partial charge in [-0.2, -0.15) is 0 Å². The van der Waals surface area contributed by atoms with Crippen molar-refractivity contribution in [2.24, 2.45) is 5.92 Å². The number of aliphatic hydroxyl groups excluding tert-OH is 1. The summed E-state index contributed by atoms with van der Waals surface area (Å²) in [6.45, 7) is 6.05. The first-order valence-corrected chi connectivity index (χ1v) is 8.51. The summed E-state index contributed by atoms with van der Waals surface area (Å²) in [7, 11) is 0. The van der Waals surface area contributed by atoms with E-state index in [1.54, 1.807) is 6.33 Å². The van der Waals surface area contributed by atoms with Gasteiger partial charge in [0.05, 0.1) is 18.6 Å². The van der Waals surface area contributed by atoms with Crippen LogP contribution in [0.15, 0.2) is 30.6 Å². The van der Waals surface area contributed by atoms with Crippen molar-refractivity contribution in [1.82, 2.24) is 14.5 Å². The number of benzene rings is 1. The van der Waals surface area contributed by atoms with Crippen LogP contribution in [0.5, 0.6) is 0 Å². The second kappa shape index (κ2) is 7.18. The molecule has 5 heteroatoms. The Hall–Kier alpha value is -2.14. The van der Waals surface area contributed by atoms with E-state index in [9.17, 15) is 9.90 Å². The Balaban J connectivity index is 1.56. The van der Waals surface area contributed by atoms with Crippen molar-refractivity contribution in [3.63, 3.8) is 0 Å². The van der Waals surface area contributed by atoms with Gasteiger partial charge in [-0.3, -0.25) is 4.79 Å². The van der Waals surface area contributed by atoms with E-state index in [-0.39, 0.29) is 12.5 Å². The van der Waals surface area contributed by atoms with Gasteiger partial charge in [0, 0.05) is 18.8 Å². The number of carbonyl (C=O) groups excluding carboxylic acids is 1. The van der Waals surface area contributed by atoms with Crippen LogP contribution in [0.25, 0.3) is 0 Å². The van der Waals surface area contributed by atoms with E-state index in [1.165, 1.54) is 5.56 Å². The fourth-order valence-electron chi connectivity index (χ4n) is 3.36. The van der Waals surface area contributed by atoms with E-state index in [0.29, 0.717) is 12.5 Å². The van der Waals surface area contributed by atoms with E-state index >= 15 is 0 Å². The number of aryl methyl sites for hydroxylation is 1. The number of amides is 1. The lowest BCUT2D eigenvalue weighted by Gasteiger charge is -2.17. The minimum Gasteiger partial charge on any atom is -0.392 e. The number of hydrogen-bond donors (Lipinski definition) is 1. The monoisotopic (exact) mass is 327 g/mol. The van der Waals surface area contributed by atoms with Crippen molar-refractivity contribution in [2.75, 3.05) is 13.1 Å². The topological polar surface area (TPSA) is 58.4 Å². The van der Waals surface area contributed by atoms with E-state index in [2.05, 4.69) is 17.1 Å². The zero-order valence-corrected chi connectivity index (χ0v) is 14.4. The largest absolute Gasteiger partial charge is 0.392 e. The summed E-state index contributed by atoms with van der Waals surface area (Å²) in [5.41, 5.74) is 4.22. The van der Waals surface area contributed by atoms with Crippen molar-refractivity contribution in [3.8, 4) is 0 Å². The number of aromatic nitrogens is 2. The van der Waals surface area contributed by atoms with E-state index in [0.717, 1.165) is 42.9 Å². The number of rotatable bonds is 5. The predicted molar refractivity (Wildman–Crippen MR) is 92.5 cm³/mol. The molecule has 1 N–H and O–H groups in total. The molecule has 1 saturated heterocycles. The van der Waals surface area contributed by atoms with Gasteiger partial charge in [0.1, 0.15) is 6.54 Å². The fourth-order valence-corrected chi connectivity index (χ4v) is 3.36. The molecule has 1 unspecified atom stereocenters. The molecule has 0 bridgehead atoms. The molecule has 1 aromatic heterocycles. The Morgan fingerprint density at radius 3 is 2.83 bits per heavy atom.